The summed E-state index contributed by atoms with van der Waals surface area (Å²) in [4.78, 5) is 0. The van der Waals surface area contributed by atoms with E-state index in [2.05, 4.69) is 39.8 Å². The average Bonchev–Trinajstić information content (AvgIpc) is 3.08. The van der Waals surface area contributed by atoms with Crippen molar-refractivity contribution in [1.82, 2.24) is 0 Å². The van der Waals surface area contributed by atoms with Gasteiger partial charge in [0, 0.05) is 0 Å². The van der Waals surface area contributed by atoms with Gasteiger partial charge in [0.1, 0.15) is 5.75 Å². The summed E-state index contributed by atoms with van der Waals surface area (Å²) in [6.45, 7) is 9.07. The number of ether oxygens (including phenoxy) is 1. The molecule has 1 aromatic rings. The predicted octanol–water partition coefficient (Wildman–Crippen LogP) is 4.65. The zero-order valence-corrected chi connectivity index (χ0v) is 13.8. The third-order valence-corrected chi connectivity index (χ3v) is 4.72. The molecule has 0 radical (unpaired) electrons. The minimum Gasteiger partial charge on any atom is -0.490 e. The Labute approximate surface area is 128 Å². The quantitative estimate of drug-likeness (QED) is 0.877. The Bertz CT molecular complexity index is 493. The highest BCUT2D eigenvalue weighted by molar-refractivity contribution is 5.32. The summed E-state index contributed by atoms with van der Waals surface area (Å²) in [5.74, 6) is 0.930. The first-order chi connectivity index (χ1) is 9.68. The first kappa shape index (κ1) is 14.9. The van der Waals surface area contributed by atoms with Crippen LogP contribution in [0.2, 0.25) is 0 Å². The molecule has 2 aliphatic rings. The van der Waals surface area contributed by atoms with Crippen molar-refractivity contribution in [2.24, 2.45) is 10.8 Å². The molecule has 0 saturated heterocycles. The Kier molecular flexibility index (Phi) is 3.36. The number of aliphatic hydroxyl groups is 1. The molecule has 116 valence electrons. The smallest absolute Gasteiger partial charge is 0.119 e. The molecule has 1 N–H and O–H groups in total. The molecule has 0 unspecified atom stereocenters. The van der Waals surface area contributed by atoms with Crippen molar-refractivity contribution in [2.75, 3.05) is 0 Å². The standard InChI is InChI=1S/C19H28O2/c1-17(2)11-18(3,4)13-19(20,12-17)14-5-7-15(8-6-14)21-16-9-10-16/h5-8,16,20H,9-13H2,1-4H3. The van der Waals surface area contributed by atoms with E-state index in [1.165, 1.54) is 12.8 Å². The van der Waals surface area contributed by atoms with Gasteiger partial charge in [0.15, 0.2) is 0 Å². The Balaban J connectivity index is 1.82. The van der Waals surface area contributed by atoms with Gasteiger partial charge in [-0.1, -0.05) is 39.8 Å². The molecule has 0 aliphatic heterocycles. The topological polar surface area (TPSA) is 29.5 Å². The van der Waals surface area contributed by atoms with Crippen molar-refractivity contribution < 1.29 is 9.84 Å². The molecule has 2 saturated carbocycles. The van der Waals surface area contributed by atoms with E-state index in [1.807, 2.05) is 12.1 Å². The molecule has 3 rings (SSSR count). The van der Waals surface area contributed by atoms with Gasteiger partial charge in [-0.15, -0.1) is 0 Å². The molecule has 0 heterocycles. The Morgan fingerprint density at radius 2 is 1.43 bits per heavy atom. The van der Waals surface area contributed by atoms with Crippen LogP contribution in [0.15, 0.2) is 24.3 Å². The van der Waals surface area contributed by atoms with Crippen LogP contribution in [0.3, 0.4) is 0 Å². The second-order valence-electron chi connectivity index (χ2n) is 8.73. The molecule has 0 bridgehead atoms. The summed E-state index contributed by atoms with van der Waals surface area (Å²) >= 11 is 0. The normalized spacial score (nSPS) is 26.3. The molecule has 0 spiro atoms. The Hall–Kier alpha value is -1.02. The Morgan fingerprint density at radius 1 is 0.905 bits per heavy atom. The van der Waals surface area contributed by atoms with Crippen LogP contribution < -0.4 is 4.74 Å². The van der Waals surface area contributed by atoms with Gasteiger partial charge in [-0.3, -0.25) is 0 Å². The lowest BCUT2D eigenvalue weighted by atomic mass is 9.58. The van der Waals surface area contributed by atoms with Gasteiger partial charge >= 0.3 is 0 Å². The van der Waals surface area contributed by atoms with Crippen LogP contribution in [0.5, 0.6) is 5.75 Å². The van der Waals surface area contributed by atoms with Crippen molar-refractivity contribution in [3.8, 4) is 5.75 Å². The minimum atomic E-state index is -0.719. The second-order valence-corrected chi connectivity index (χ2v) is 8.73. The summed E-state index contributed by atoms with van der Waals surface area (Å²) in [7, 11) is 0. The van der Waals surface area contributed by atoms with Crippen LogP contribution in [0.4, 0.5) is 0 Å². The van der Waals surface area contributed by atoms with E-state index in [9.17, 15) is 5.11 Å². The second kappa shape index (κ2) is 4.74. The molecule has 2 aliphatic carbocycles. The zero-order chi connectivity index (χ0) is 15.3. The van der Waals surface area contributed by atoms with Gasteiger partial charge < -0.3 is 9.84 Å². The number of hydrogen-bond acceptors (Lipinski definition) is 2. The van der Waals surface area contributed by atoms with E-state index in [-0.39, 0.29) is 10.8 Å². The van der Waals surface area contributed by atoms with E-state index in [0.29, 0.717) is 6.10 Å². The van der Waals surface area contributed by atoms with Crippen LogP contribution in [0.25, 0.3) is 0 Å². The van der Waals surface area contributed by atoms with E-state index >= 15 is 0 Å². The molecule has 1 aromatic carbocycles. The number of benzene rings is 1. The van der Waals surface area contributed by atoms with Crippen molar-refractivity contribution in [2.45, 2.75) is 71.5 Å². The molecular formula is C19H28O2. The minimum absolute atomic E-state index is 0.166. The molecule has 2 heteroatoms. The maximum atomic E-state index is 11.3. The summed E-state index contributed by atoms with van der Waals surface area (Å²) < 4.78 is 5.80. The fourth-order valence-electron chi connectivity index (χ4n) is 4.49. The molecule has 0 amide bonds. The van der Waals surface area contributed by atoms with Crippen LogP contribution in [0, 0.1) is 10.8 Å². The first-order valence-electron chi connectivity index (χ1n) is 8.17. The third-order valence-electron chi connectivity index (χ3n) is 4.72. The van der Waals surface area contributed by atoms with Gasteiger partial charge in [0.2, 0.25) is 0 Å². The van der Waals surface area contributed by atoms with Crippen LogP contribution in [-0.2, 0) is 5.60 Å². The Morgan fingerprint density at radius 3 is 1.90 bits per heavy atom. The lowest BCUT2D eigenvalue weighted by Crippen LogP contribution is -2.44. The monoisotopic (exact) mass is 288 g/mol. The average molecular weight is 288 g/mol. The van der Waals surface area contributed by atoms with E-state index in [4.69, 9.17) is 4.74 Å². The lowest BCUT2D eigenvalue weighted by molar-refractivity contribution is -0.0913. The van der Waals surface area contributed by atoms with E-state index in [1.54, 1.807) is 0 Å². The number of hydrogen-bond donors (Lipinski definition) is 1. The van der Waals surface area contributed by atoms with Gasteiger partial charge in [0.05, 0.1) is 11.7 Å². The fraction of sp³-hybridized carbons (Fsp3) is 0.684. The van der Waals surface area contributed by atoms with Crippen LogP contribution in [0.1, 0.15) is 65.4 Å². The predicted molar refractivity (Wildman–Crippen MR) is 85.4 cm³/mol. The molecule has 2 fully saturated rings. The molecule has 21 heavy (non-hydrogen) atoms. The summed E-state index contributed by atoms with van der Waals surface area (Å²) in [5, 5.41) is 11.3. The maximum Gasteiger partial charge on any atom is 0.119 e. The highest BCUT2D eigenvalue weighted by Gasteiger charge is 2.47. The van der Waals surface area contributed by atoms with Crippen LogP contribution >= 0.6 is 0 Å². The maximum absolute atomic E-state index is 11.3. The lowest BCUT2D eigenvalue weighted by Gasteiger charge is -2.49. The molecule has 2 nitrogen and oxygen atoms in total. The highest BCUT2D eigenvalue weighted by Crippen LogP contribution is 2.53. The van der Waals surface area contributed by atoms with Crippen molar-refractivity contribution >= 4 is 0 Å². The largest absolute Gasteiger partial charge is 0.490 e. The van der Waals surface area contributed by atoms with Gasteiger partial charge in [0.25, 0.3) is 0 Å². The first-order valence-corrected chi connectivity index (χ1v) is 8.17. The van der Waals surface area contributed by atoms with Gasteiger partial charge in [-0.2, -0.15) is 0 Å². The molecular weight excluding hydrogens is 260 g/mol. The van der Waals surface area contributed by atoms with E-state index in [0.717, 1.165) is 30.6 Å². The summed E-state index contributed by atoms with van der Waals surface area (Å²) in [6.07, 6.45) is 5.58. The highest BCUT2D eigenvalue weighted by atomic mass is 16.5. The van der Waals surface area contributed by atoms with E-state index < -0.39 is 5.60 Å². The van der Waals surface area contributed by atoms with Gasteiger partial charge in [-0.25, -0.2) is 0 Å². The van der Waals surface area contributed by atoms with Crippen molar-refractivity contribution in [3.63, 3.8) is 0 Å². The van der Waals surface area contributed by atoms with Crippen molar-refractivity contribution in [1.29, 1.82) is 0 Å². The summed E-state index contributed by atoms with van der Waals surface area (Å²) in [6, 6.07) is 8.13. The molecule has 0 aromatic heterocycles. The SMILES string of the molecule is CC1(C)CC(C)(C)CC(O)(c2ccc(OC3CC3)cc2)C1. The third kappa shape index (κ3) is 3.42. The van der Waals surface area contributed by atoms with Crippen molar-refractivity contribution in [3.05, 3.63) is 29.8 Å². The van der Waals surface area contributed by atoms with Crippen LogP contribution in [-0.4, -0.2) is 11.2 Å². The summed E-state index contributed by atoms with van der Waals surface area (Å²) in [5.41, 5.74) is 0.648. The van der Waals surface area contributed by atoms with Gasteiger partial charge in [-0.05, 0) is 60.6 Å². The zero-order valence-electron chi connectivity index (χ0n) is 13.8. The molecule has 0 atom stereocenters. The number of rotatable bonds is 3. The fourth-order valence-corrected chi connectivity index (χ4v) is 4.49.